The van der Waals surface area contributed by atoms with Crippen molar-refractivity contribution in [1.29, 1.82) is 0 Å². The summed E-state index contributed by atoms with van der Waals surface area (Å²) in [5, 5.41) is -0.0632. The smallest absolute Gasteiger partial charge is 0.235 e. The molecule has 0 N–H and O–H groups in total. The lowest BCUT2D eigenvalue weighted by molar-refractivity contribution is -0.130. The molecule has 0 aromatic heterocycles. The molecule has 1 unspecified atom stereocenters. The van der Waals surface area contributed by atoms with Gasteiger partial charge in [-0.1, -0.05) is 28.1 Å². The van der Waals surface area contributed by atoms with Crippen molar-refractivity contribution >= 4 is 39.3 Å². The van der Waals surface area contributed by atoms with E-state index in [0.717, 1.165) is 35.5 Å². The minimum absolute atomic E-state index is 0.0632. The number of anilines is 1. The van der Waals surface area contributed by atoms with Gasteiger partial charge in [-0.2, -0.15) is 0 Å². The molecule has 3 nitrogen and oxygen atoms in total. The molecule has 2 aromatic carbocycles. The Morgan fingerprint density at radius 1 is 1.08 bits per heavy atom. The van der Waals surface area contributed by atoms with Gasteiger partial charge in [-0.05, 0) is 55.8 Å². The number of piperazine rings is 1. The second-order valence-electron chi connectivity index (χ2n) is 6.37. The fraction of sp³-hybridized carbons (Fsp3) is 0.350. The van der Waals surface area contributed by atoms with Crippen LogP contribution in [0.3, 0.4) is 0 Å². The van der Waals surface area contributed by atoms with Crippen molar-refractivity contribution in [1.82, 2.24) is 4.90 Å². The summed E-state index contributed by atoms with van der Waals surface area (Å²) < 4.78 is 1.06. The van der Waals surface area contributed by atoms with Gasteiger partial charge in [0, 0.05) is 41.2 Å². The zero-order valence-electron chi connectivity index (χ0n) is 14.6. The summed E-state index contributed by atoms with van der Waals surface area (Å²) in [4.78, 5) is 18.2. The molecule has 1 heterocycles. The van der Waals surface area contributed by atoms with Crippen molar-refractivity contribution in [3.63, 3.8) is 0 Å². The number of halogens is 1. The van der Waals surface area contributed by atoms with Gasteiger partial charge >= 0.3 is 0 Å². The Balaban J connectivity index is 1.54. The molecular weight excluding hydrogens is 396 g/mol. The molecule has 0 bridgehead atoms. The molecular formula is C20H23BrN2OS. The van der Waals surface area contributed by atoms with Crippen LogP contribution in [0.15, 0.2) is 57.9 Å². The van der Waals surface area contributed by atoms with Gasteiger partial charge in [0.05, 0.1) is 5.25 Å². The van der Waals surface area contributed by atoms with Crippen LogP contribution < -0.4 is 4.90 Å². The molecule has 0 saturated carbocycles. The molecule has 2 aromatic rings. The number of amides is 1. The summed E-state index contributed by atoms with van der Waals surface area (Å²) in [6.07, 6.45) is 0. The van der Waals surface area contributed by atoms with E-state index in [1.165, 1.54) is 11.3 Å². The zero-order chi connectivity index (χ0) is 17.8. The summed E-state index contributed by atoms with van der Waals surface area (Å²) >= 11 is 5.07. The third-order valence-electron chi connectivity index (χ3n) is 4.43. The number of rotatable bonds is 4. The number of aryl methyl sites for hydroxylation is 1. The molecule has 5 heteroatoms. The van der Waals surface area contributed by atoms with Crippen LogP contribution in [0, 0.1) is 6.92 Å². The van der Waals surface area contributed by atoms with Crippen LogP contribution in [0.4, 0.5) is 5.69 Å². The largest absolute Gasteiger partial charge is 0.368 e. The Morgan fingerprint density at radius 2 is 1.76 bits per heavy atom. The highest BCUT2D eigenvalue weighted by Crippen LogP contribution is 2.26. The lowest BCUT2D eigenvalue weighted by atomic mass is 10.2. The van der Waals surface area contributed by atoms with E-state index in [2.05, 4.69) is 52.0 Å². The van der Waals surface area contributed by atoms with E-state index in [4.69, 9.17) is 0 Å². The van der Waals surface area contributed by atoms with Crippen LogP contribution in [0.1, 0.15) is 12.5 Å². The molecule has 1 fully saturated rings. The van der Waals surface area contributed by atoms with Crippen molar-refractivity contribution in [2.75, 3.05) is 31.1 Å². The standard InChI is InChI=1S/C20H23BrN2OS/c1-15-4-3-5-18(14-15)22-10-12-23(13-11-22)20(24)16(2)25-19-8-6-17(21)7-9-19/h3-9,14,16H,10-13H2,1-2H3. The van der Waals surface area contributed by atoms with E-state index >= 15 is 0 Å². The third-order valence-corrected chi connectivity index (χ3v) is 6.06. The van der Waals surface area contributed by atoms with Crippen molar-refractivity contribution in [2.45, 2.75) is 24.0 Å². The predicted molar refractivity (Wildman–Crippen MR) is 109 cm³/mol. The Bertz CT molecular complexity index is 727. The highest BCUT2D eigenvalue weighted by atomic mass is 79.9. The normalized spacial score (nSPS) is 16.0. The molecule has 3 rings (SSSR count). The Morgan fingerprint density at radius 3 is 2.40 bits per heavy atom. The number of carbonyl (C=O) groups excluding carboxylic acids is 1. The Kier molecular flexibility index (Phi) is 6.07. The van der Waals surface area contributed by atoms with Gasteiger partial charge in [-0.3, -0.25) is 4.79 Å². The van der Waals surface area contributed by atoms with E-state index in [-0.39, 0.29) is 11.2 Å². The van der Waals surface area contributed by atoms with Gasteiger partial charge in [-0.15, -0.1) is 11.8 Å². The number of hydrogen-bond donors (Lipinski definition) is 0. The Hall–Kier alpha value is -1.46. The molecule has 132 valence electrons. The van der Waals surface area contributed by atoms with Crippen LogP contribution in [-0.4, -0.2) is 42.2 Å². The number of hydrogen-bond acceptors (Lipinski definition) is 3. The summed E-state index contributed by atoms with van der Waals surface area (Å²) in [5.41, 5.74) is 2.53. The molecule has 25 heavy (non-hydrogen) atoms. The monoisotopic (exact) mass is 418 g/mol. The number of nitrogens with zero attached hydrogens (tertiary/aromatic N) is 2. The first-order valence-corrected chi connectivity index (χ1v) is 10.2. The highest BCUT2D eigenvalue weighted by Gasteiger charge is 2.25. The van der Waals surface area contributed by atoms with Crippen LogP contribution in [0.2, 0.25) is 0 Å². The quantitative estimate of drug-likeness (QED) is 0.678. The number of thioether (sulfide) groups is 1. The first-order valence-electron chi connectivity index (χ1n) is 8.55. The van der Waals surface area contributed by atoms with Gasteiger partial charge in [0.2, 0.25) is 5.91 Å². The molecule has 0 radical (unpaired) electrons. The summed E-state index contributed by atoms with van der Waals surface area (Å²) in [7, 11) is 0. The molecule has 1 atom stereocenters. The number of benzene rings is 2. The van der Waals surface area contributed by atoms with E-state index in [1.807, 2.05) is 36.1 Å². The van der Waals surface area contributed by atoms with Crippen LogP contribution in [-0.2, 0) is 4.79 Å². The van der Waals surface area contributed by atoms with Crippen LogP contribution >= 0.6 is 27.7 Å². The van der Waals surface area contributed by atoms with E-state index in [9.17, 15) is 4.79 Å². The minimum Gasteiger partial charge on any atom is -0.368 e. The fourth-order valence-electron chi connectivity index (χ4n) is 3.03. The van der Waals surface area contributed by atoms with Crippen molar-refractivity contribution in [3.8, 4) is 0 Å². The summed E-state index contributed by atoms with van der Waals surface area (Å²) in [6, 6.07) is 16.7. The van der Waals surface area contributed by atoms with E-state index in [0.29, 0.717) is 0 Å². The van der Waals surface area contributed by atoms with Gasteiger partial charge in [0.25, 0.3) is 0 Å². The zero-order valence-corrected chi connectivity index (χ0v) is 17.0. The average Bonchev–Trinajstić information content (AvgIpc) is 2.63. The predicted octanol–water partition coefficient (Wildman–Crippen LogP) is 4.59. The Labute approximate surface area is 162 Å². The van der Waals surface area contributed by atoms with Gasteiger partial charge in [0.15, 0.2) is 0 Å². The maximum atomic E-state index is 12.7. The number of carbonyl (C=O) groups is 1. The first-order chi connectivity index (χ1) is 12.0. The third kappa shape index (κ3) is 4.79. The second-order valence-corrected chi connectivity index (χ2v) is 8.70. The van der Waals surface area contributed by atoms with Crippen LogP contribution in [0.25, 0.3) is 0 Å². The van der Waals surface area contributed by atoms with Gasteiger partial charge < -0.3 is 9.80 Å². The average molecular weight is 419 g/mol. The van der Waals surface area contributed by atoms with Gasteiger partial charge in [-0.25, -0.2) is 0 Å². The lowest BCUT2D eigenvalue weighted by Crippen LogP contribution is -2.50. The SMILES string of the molecule is Cc1cccc(N2CCN(C(=O)C(C)Sc3ccc(Br)cc3)CC2)c1. The first kappa shape index (κ1) is 18.3. The van der Waals surface area contributed by atoms with Gasteiger partial charge in [0.1, 0.15) is 0 Å². The van der Waals surface area contributed by atoms with Crippen molar-refractivity contribution in [3.05, 3.63) is 58.6 Å². The lowest BCUT2D eigenvalue weighted by Gasteiger charge is -2.37. The second kappa shape index (κ2) is 8.28. The van der Waals surface area contributed by atoms with Crippen LogP contribution in [0.5, 0.6) is 0 Å². The topological polar surface area (TPSA) is 23.6 Å². The highest BCUT2D eigenvalue weighted by molar-refractivity contribution is 9.10. The van der Waals surface area contributed by atoms with Crippen molar-refractivity contribution in [2.24, 2.45) is 0 Å². The molecule has 0 aliphatic carbocycles. The maximum absolute atomic E-state index is 12.7. The molecule has 1 aliphatic rings. The van der Waals surface area contributed by atoms with E-state index in [1.54, 1.807) is 11.8 Å². The molecule has 0 spiro atoms. The maximum Gasteiger partial charge on any atom is 0.235 e. The minimum atomic E-state index is -0.0632. The molecule has 1 aliphatic heterocycles. The molecule has 1 saturated heterocycles. The summed E-state index contributed by atoms with van der Waals surface area (Å²) in [6.45, 7) is 7.48. The van der Waals surface area contributed by atoms with Crippen molar-refractivity contribution < 1.29 is 4.79 Å². The van der Waals surface area contributed by atoms with E-state index < -0.39 is 0 Å². The molecule has 1 amide bonds. The fourth-order valence-corrected chi connectivity index (χ4v) is 4.25. The summed E-state index contributed by atoms with van der Waals surface area (Å²) in [5.74, 6) is 0.233.